The minimum atomic E-state index is -0.327. The molecule has 0 aliphatic carbocycles. The van der Waals surface area contributed by atoms with Crippen molar-refractivity contribution in [2.24, 2.45) is 0 Å². The number of hydrogen-bond donors (Lipinski definition) is 1. The highest BCUT2D eigenvalue weighted by molar-refractivity contribution is 9.10. The molecule has 0 aliphatic rings. The molecule has 1 N–H and O–H groups in total. The van der Waals surface area contributed by atoms with E-state index in [9.17, 15) is 4.79 Å². The molecular formula is C9H10BrNO3. The number of nitrogens with zero attached hydrogens (tertiary/aromatic N) is 1. The number of pyridine rings is 1. The van der Waals surface area contributed by atoms with Gasteiger partial charge in [0.05, 0.1) is 24.9 Å². The minimum absolute atomic E-state index is 0.0597. The lowest BCUT2D eigenvalue weighted by atomic mass is 10.3. The van der Waals surface area contributed by atoms with Gasteiger partial charge in [0.25, 0.3) is 0 Å². The second-order valence-corrected chi connectivity index (χ2v) is 3.46. The van der Waals surface area contributed by atoms with Gasteiger partial charge in [-0.1, -0.05) is 0 Å². The number of aromatic hydroxyl groups is 1. The van der Waals surface area contributed by atoms with Gasteiger partial charge in [0.15, 0.2) is 0 Å². The summed E-state index contributed by atoms with van der Waals surface area (Å²) >= 11 is 3.20. The lowest BCUT2D eigenvalue weighted by Gasteiger charge is -2.03. The van der Waals surface area contributed by atoms with Crippen molar-refractivity contribution in [3.63, 3.8) is 0 Å². The maximum atomic E-state index is 11.1. The Morgan fingerprint density at radius 3 is 3.00 bits per heavy atom. The number of halogens is 1. The van der Waals surface area contributed by atoms with Gasteiger partial charge in [-0.05, 0) is 28.9 Å². The number of ether oxygens (including phenoxy) is 1. The van der Waals surface area contributed by atoms with Gasteiger partial charge in [-0.15, -0.1) is 0 Å². The molecule has 0 aromatic carbocycles. The molecule has 4 nitrogen and oxygen atoms in total. The summed E-state index contributed by atoms with van der Waals surface area (Å²) in [7, 11) is 0. The van der Waals surface area contributed by atoms with E-state index in [-0.39, 0.29) is 18.1 Å². The Bertz CT molecular complexity index is 341. The number of hydrogen-bond acceptors (Lipinski definition) is 4. The van der Waals surface area contributed by atoms with E-state index in [4.69, 9.17) is 9.84 Å². The highest BCUT2D eigenvalue weighted by Crippen LogP contribution is 2.20. The van der Waals surface area contributed by atoms with Crippen LogP contribution in [0.3, 0.4) is 0 Å². The monoisotopic (exact) mass is 259 g/mol. The van der Waals surface area contributed by atoms with Crippen LogP contribution >= 0.6 is 15.9 Å². The van der Waals surface area contributed by atoms with Crippen molar-refractivity contribution < 1.29 is 14.6 Å². The molecule has 0 saturated heterocycles. The summed E-state index contributed by atoms with van der Waals surface area (Å²) in [5.74, 6) is -0.268. The molecule has 0 fully saturated rings. The van der Waals surface area contributed by atoms with Crippen molar-refractivity contribution in [2.45, 2.75) is 13.3 Å². The first-order valence-electron chi connectivity index (χ1n) is 4.12. The largest absolute Gasteiger partial charge is 0.506 e. The molecule has 0 bridgehead atoms. The molecule has 0 saturated carbocycles. The molecule has 0 unspecified atom stereocenters. The number of esters is 1. The van der Waals surface area contributed by atoms with Crippen molar-refractivity contribution in [3.05, 3.63) is 22.4 Å². The van der Waals surface area contributed by atoms with Crippen molar-refractivity contribution in [3.8, 4) is 5.75 Å². The summed E-state index contributed by atoms with van der Waals surface area (Å²) in [6, 6.07) is 1.49. The Morgan fingerprint density at radius 2 is 2.43 bits per heavy atom. The van der Waals surface area contributed by atoms with Gasteiger partial charge in [-0.3, -0.25) is 9.78 Å². The lowest BCUT2D eigenvalue weighted by Crippen LogP contribution is -2.09. The van der Waals surface area contributed by atoms with Crippen LogP contribution < -0.4 is 0 Å². The summed E-state index contributed by atoms with van der Waals surface area (Å²) in [5.41, 5.74) is 0.557. The SMILES string of the molecule is CCOC(=O)Cc1ncc(O)cc1Br. The topological polar surface area (TPSA) is 59.4 Å². The number of aromatic nitrogens is 1. The van der Waals surface area contributed by atoms with Crippen LogP contribution in [0.5, 0.6) is 5.75 Å². The zero-order chi connectivity index (χ0) is 10.6. The van der Waals surface area contributed by atoms with Gasteiger partial charge >= 0.3 is 5.97 Å². The number of carbonyl (C=O) groups is 1. The summed E-state index contributed by atoms with van der Waals surface area (Å²) in [6.45, 7) is 2.10. The quantitative estimate of drug-likeness (QED) is 0.839. The Kier molecular flexibility index (Phi) is 3.88. The molecule has 1 aromatic heterocycles. The highest BCUT2D eigenvalue weighted by Gasteiger charge is 2.09. The minimum Gasteiger partial charge on any atom is -0.506 e. The van der Waals surface area contributed by atoms with Crippen molar-refractivity contribution in [2.75, 3.05) is 6.61 Å². The zero-order valence-corrected chi connectivity index (χ0v) is 9.24. The van der Waals surface area contributed by atoms with E-state index in [1.807, 2.05) is 0 Å². The second kappa shape index (κ2) is 4.95. The fourth-order valence-corrected chi connectivity index (χ4v) is 1.41. The van der Waals surface area contributed by atoms with E-state index < -0.39 is 0 Å². The maximum absolute atomic E-state index is 11.1. The van der Waals surface area contributed by atoms with E-state index in [0.29, 0.717) is 16.8 Å². The summed E-state index contributed by atoms with van der Waals surface area (Å²) in [4.78, 5) is 15.0. The molecule has 0 atom stereocenters. The van der Waals surface area contributed by atoms with Crippen LogP contribution in [0.15, 0.2) is 16.7 Å². The van der Waals surface area contributed by atoms with E-state index in [2.05, 4.69) is 20.9 Å². The lowest BCUT2D eigenvalue weighted by molar-refractivity contribution is -0.142. The Balaban J connectivity index is 2.72. The van der Waals surface area contributed by atoms with Crippen molar-refractivity contribution >= 4 is 21.9 Å². The highest BCUT2D eigenvalue weighted by atomic mass is 79.9. The van der Waals surface area contributed by atoms with Crippen LogP contribution in [-0.2, 0) is 16.0 Å². The first kappa shape index (κ1) is 11.0. The Labute approximate surface area is 90.0 Å². The molecule has 1 rings (SSSR count). The fourth-order valence-electron chi connectivity index (χ4n) is 0.935. The van der Waals surface area contributed by atoms with Crippen LogP contribution in [0.4, 0.5) is 0 Å². The predicted molar refractivity (Wildman–Crippen MR) is 53.9 cm³/mol. The molecule has 0 aliphatic heterocycles. The third-order valence-corrected chi connectivity index (χ3v) is 2.21. The van der Waals surface area contributed by atoms with Gasteiger partial charge in [0, 0.05) is 4.47 Å². The van der Waals surface area contributed by atoms with E-state index in [1.165, 1.54) is 12.3 Å². The zero-order valence-electron chi connectivity index (χ0n) is 7.66. The summed E-state index contributed by atoms with van der Waals surface area (Å²) in [5, 5.41) is 9.07. The van der Waals surface area contributed by atoms with Crippen LogP contribution in [-0.4, -0.2) is 22.7 Å². The average molecular weight is 260 g/mol. The van der Waals surface area contributed by atoms with Gasteiger partial charge < -0.3 is 9.84 Å². The van der Waals surface area contributed by atoms with Crippen LogP contribution in [0.1, 0.15) is 12.6 Å². The normalized spacial score (nSPS) is 9.86. The van der Waals surface area contributed by atoms with Crippen LogP contribution in [0.25, 0.3) is 0 Å². The molecule has 0 amide bonds. The molecule has 14 heavy (non-hydrogen) atoms. The molecule has 1 heterocycles. The first-order chi connectivity index (χ1) is 6.63. The van der Waals surface area contributed by atoms with E-state index in [1.54, 1.807) is 6.92 Å². The third-order valence-electron chi connectivity index (χ3n) is 1.52. The van der Waals surface area contributed by atoms with Crippen molar-refractivity contribution in [1.82, 2.24) is 4.98 Å². The smallest absolute Gasteiger partial charge is 0.311 e. The summed E-state index contributed by atoms with van der Waals surface area (Å²) < 4.78 is 5.37. The van der Waals surface area contributed by atoms with Gasteiger partial charge in [0.1, 0.15) is 5.75 Å². The number of rotatable bonds is 3. The third kappa shape index (κ3) is 2.99. The molecule has 76 valence electrons. The molecule has 0 spiro atoms. The molecular weight excluding hydrogens is 250 g/mol. The van der Waals surface area contributed by atoms with Crippen LogP contribution in [0.2, 0.25) is 0 Å². The van der Waals surface area contributed by atoms with Gasteiger partial charge in [-0.2, -0.15) is 0 Å². The first-order valence-corrected chi connectivity index (χ1v) is 4.91. The van der Waals surface area contributed by atoms with E-state index >= 15 is 0 Å². The summed E-state index contributed by atoms with van der Waals surface area (Å²) in [6.07, 6.45) is 1.40. The van der Waals surface area contributed by atoms with Gasteiger partial charge in [0.2, 0.25) is 0 Å². The molecule has 1 aromatic rings. The van der Waals surface area contributed by atoms with Crippen molar-refractivity contribution in [1.29, 1.82) is 0 Å². The Morgan fingerprint density at radius 1 is 1.71 bits per heavy atom. The van der Waals surface area contributed by atoms with E-state index in [0.717, 1.165) is 0 Å². The molecule has 5 heteroatoms. The van der Waals surface area contributed by atoms with Gasteiger partial charge in [-0.25, -0.2) is 0 Å². The Hall–Kier alpha value is -1.10. The van der Waals surface area contributed by atoms with Crippen LogP contribution in [0, 0.1) is 0 Å². The fraction of sp³-hybridized carbons (Fsp3) is 0.333. The maximum Gasteiger partial charge on any atom is 0.311 e. The second-order valence-electron chi connectivity index (χ2n) is 2.60. The molecule has 0 radical (unpaired) electrons. The average Bonchev–Trinajstić information content (AvgIpc) is 2.10. The standard InChI is InChI=1S/C9H10BrNO3/c1-2-14-9(13)4-8-7(10)3-6(12)5-11-8/h3,5,12H,2,4H2,1H3. The predicted octanol–water partition coefficient (Wildman–Crippen LogP) is 1.66. The number of carbonyl (C=O) groups excluding carboxylic acids is 1.